The van der Waals surface area contributed by atoms with Gasteiger partial charge in [-0.1, -0.05) is 25.3 Å². The molecule has 0 radical (unpaired) electrons. The van der Waals surface area contributed by atoms with Crippen molar-refractivity contribution in [1.29, 1.82) is 0 Å². The van der Waals surface area contributed by atoms with Crippen molar-refractivity contribution in [2.75, 3.05) is 13.1 Å². The van der Waals surface area contributed by atoms with Crippen LogP contribution in [0, 0.1) is 0 Å². The lowest BCUT2D eigenvalue weighted by Crippen LogP contribution is -2.44. The molecule has 0 aliphatic heterocycles. The second-order valence-electron chi connectivity index (χ2n) is 6.03. The number of aliphatic imine (C=N–C) groups is 1. The molecule has 24 heavy (non-hydrogen) atoms. The van der Waals surface area contributed by atoms with Gasteiger partial charge in [0.2, 0.25) is 0 Å². The quantitative estimate of drug-likeness (QED) is 0.425. The fourth-order valence-corrected chi connectivity index (χ4v) is 3.09. The van der Waals surface area contributed by atoms with E-state index in [9.17, 15) is 0 Å². The molecule has 0 spiro atoms. The molecule has 2 N–H and O–H groups in total. The molecule has 0 amide bonds. The summed E-state index contributed by atoms with van der Waals surface area (Å²) in [7, 11) is 0. The maximum atomic E-state index is 4.70. The van der Waals surface area contributed by atoms with Crippen molar-refractivity contribution in [3.63, 3.8) is 0 Å². The van der Waals surface area contributed by atoms with Crippen LogP contribution in [0.5, 0.6) is 0 Å². The number of nitrogens with zero attached hydrogens (tertiary/aromatic N) is 4. The summed E-state index contributed by atoms with van der Waals surface area (Å²) in [6.07, 6.45) is 9.29. The summed E-state index contributed by atoms with van der Waals surface area (Å²) in [5.74, 6) is 1.88. The molecule has 132 valence electrons. The topological polar surface area (TPSA) is 66.6 Å². The third kappa shape index (κ3) is 5.06. The zero-order valence-corrected chi connectivity index (χ0v) is 16.6. The van der Waals surface area contributed by atoms with Gasteiger partial charge in [-0.15, -0.1) is 34.2 Å². The molecule has 0 aromatic carbocycles. The van der Waals surface area contributed by atoms with Crippen LogP contribution in [-0.4, -0.2) is 39.7 Å². The van der Waals surface area contributed by atoms with E-state index in [0.717, 1.165) is 30.4 Å². The molecule has 7 heteroatoms. The van der Waals surface area contributed by atoms with E-state index in [1.54, 1.807) is 0 Å². The largest absolute Gasteiger partial charge is 0.357 e. The molecule has 1 aliphatic rings. The number of hydrogen-bond acceptors (Lipinski definition) is 3. The van der Waals surface area contributed by atoms with Crippen molar-refractivity contribution >= 4 is 35.6 Å². The van der Waals surface area contributed by atoms with Crippen molar-refractivity contribution in [1.82, 2.24) is 25.2 Å². The number of aromatic nitrogens is 3. The fraction of sp³-hybridized carbons (Fsp3) is 0.588. The Kier molecular flexibility index (Phi) is 7.74. The minimum absolute atomic E-state index is 0. The molecule has 6 nitrogen and oxygen atoms in total. The van der Waals surface area contributed by atoms with Crippen molar-refractivity contribution in [2.45, 2.75) is 51.5 Å². The van der Waals surface area contributed by atoms with E-state index in [4.69, 9.17) is 4.99 Å². The molecule has 1 aliphatic carbocycles. The Labute approximate surface area is 160 Å². The zero-order valence-electron chi connectivity index (χ0n) is 14.2. The lowest BCUT2D eigenvalue weighted by atomic mass is 9.96. The van der Waals surface area contributed by atoms with Crippen LogP contribution in [0.4, 0.5) is 0 Å². The Morgan fingerprint density at radius 1 is 1.25 bits per heavy atom. The van der Waals surface area contributed by atoms with E-state index in [1.165, 1.54) is 32.1 Å². The molecule has 0 bridgehead atoms. The van der Waals surface area contributed by atoms with Crippen molar-refractivity contribution in [3.05, 3.63) is 30.2 Å². The van der Waals surface area contributed by atoms with Crippen LogP contribution in [0.25, 0.3) is 5.65 Å². The Morgan fingerprint density at radius 3 is 2.88 bits per heavy atom. The number of fused-ring (bicyclic) bond motifs is 1. The van der Waals surface area contributed by atoms with Gasteiger partial charge in [0.15, 0.2) is 11.6 Å². The highest BCUT2D eigenvalue weighted by atomic mass is 127. The van der Waals surface area contributed by atoms with E-state index >= 15 is 0 Å². The zero-order chi connectivity index (χ0) is 15.9. The lowest BCUT2D eigenvalue weighted by molar-refractivity contribution is 0.410. The molecular weight excluding hydrogens is 415 g/mol. The van der Waals surface area contributed by atoms with Gasteiger partial charge in [0.05, 0.1) is 0 Å². The summed E-state index contributed by atoms with van der Waals surface area (Å²) < 4.78 is 2.02. The van der Waals surface area contributed by atoms with Crippen LogP contribution >= 0.6 is 24.0 Å². The predicted octanol–water partition coefficient (Wildman–Crippen LogP) is 2.78. The third-order valence-corrected chi connectivity index (χ3v) is 4.28. The summed E-state index contributed by atoms with van der Waals surface area (Å²) in [4.78, 5) is 4.70. The Morgan fingerprint density at radius 2 is 2.08 bits per heavy atom. The maximum Gasteiger partial charge on any atom is 0.191 e. The van der Waals surface area contributed by atoms with Crippen LogP contribution in [0.3, 0.4) is 0 Å². The summed E-state index contributed by atoms with van der Waals surface area (Å²) >= 11 is 0. The molecule has 0 atom stereocenters. The van der Waals surface area contributed by atoms with Crippen molar-refractivity contribution in [3.8, 4) is 0 Å². The van der Waals surface area contributed by atoms with Crippen LogP contribution in [0.1, 0.15) is 44.9 Å². The van der Waals surface area contributed by atoms with Gasteiger partial charge in [0, 0.05) is 31.7 Å². The normalized spacial score (nSPS) is 16.0. The number of nitrogens with one attached hydrogen (secondary N) is 2. The first-order valence-corrected chi connectivity index (χ1v) is 8.70. The molecule has 2 aromatic rings. The summed E-state index contributed by atoms with van der Waals surface area (Å²) in [6.45, 7) is 3.69. The molecule has 0 saturated heterocycles. The average molecular weight is 442 g/mol. The first-order valence-electron chi connectivity index (χ1n) is 8.70. The minimum atomic E-state index is 0. The fourth-order valence-electron chi connectivity index (χ4n) is 3.09. The third-order valence-electron chi connectivity index (χ3n) is 4.28. The van der Waals surface area contributed by atoms with Gasteiger partial charge >= 0.3 is 0 Å². The smallest absolute Gasteiger partial charge is 0.191 e. The van der Waals surface area contributed by atoms with E-state index < -0.39 is 0 Å². The molecule has 1 fully saturated rings. The van der Waals surface area contributed by atoms with E-state index in [1.807, 2.05) is 28.8 Å². The van der Waals surface area contributed by atoms with E-state index in [2.05, 4.69) is 27.8 Å². The summed E-state index contributed by atoms with van der Waals surface area (Å²) in [5, 5.41) is 15.3. The van der Waals surface area contributed by atoms with Gasteiger partial charge in [0.25, 0.3) is 0 Å². The molecule has 2 heterocycles. The monoisotopic (exact) mass is 442 g/mol. The number of hydrogen-bond donors (Lipinski definition) is 2. The van der Waals surface area contributed by atoms with Gasteiger partial charge in [-0.25, -0.2) is 0 Å². The van der Waals surface area contributed by atoms with Gasteiger partial charge < -0.3 is 10.6 Å². The number of halogens is 1. The average Bonchev–Trinajstić information content (AvgIpc) is 2.99. The highest BCUT2D eigenvalue weighted by Gasteiger charge is 2.14. The van der Waals surface area contributed by atoms with E-state index in [-0.39, 0.29) is 24.0 Å². The maximum absolute atomic E-state index is 4.70. The second-order valence-corrected chi connectivity index (χ2v) is 6.03. The minimum Gasteiger partial charge on any atom is -0.357 e. The van der Waals surface area contributed by atoms with Crippen molar-refractivity contribution in [2.24, 2.45) is 4.99 Å². The summed E-state index contributed by atoms with van der Waals surface area (Å²) in [5.41, 5.74) is 0.888. The van der Waals surface area contributed by atoms with Gasteiger partial charge in [-0.05, 0) is 31.9 Å². The number of guanidine groups is 1. The highest BCUT2D eigenvalue weighted by Crippen LogP contribution is 2.17. The standard InChI is InChI=1S/C17H26N6.HI/c1-2-18-17(20-14-8-4-3-5-9-14)19-12-11-16-22-21-15-10-6-7-13-23(15)16;/h6-7,10,13-14H,2-5,8-9,11-12H2,1H3,(H2,18,19,20);1H. The first kappa shape index (κ1) is 19.0. The van der Waals surface area contributed by atoms with Gasteiger partial charge in [-0.3, -0.25) is 9.39 Å². The lowest BCUT2D eigenvalue weighted by Gasteiger charge is -2.24. The highest BCUT2D eigenvalue weighted by molar-refractivity contribution is 14.0. The van der Waals surface area contributed by atoms with E-state index in [0.29, 0.717) is 12.6 Å². The van der Waals surface area contributed by atoms with Crippen LogP contribution in [0.15, 0.2) is 29.4 Å². The van der Waals surface area contributed by atoms with Crippen molar-refractivity contribution < 1.29 is 0 Å². The number of rotatable bonds is 5. The van der Waals surface area contributed by atoms with Gasteiger partial charge in [-0.2, -0.15) is 0 Å². The molecule has 3 rings (SSSR count). The first-order chi connectivity index (χ1) is 11.4. The molecule has 1 saturated carbocycles. The Balaban J connectivity index is 0.00000208. The molecular formula is C17H27IN6. The predicted molar refractivity (Wildman–Crippen MR) is 108 cm³/mol. The molecule has 2 aromatic heterocycles. The number of pyridine rings is 1. The van der Waals surface area contributed by atoms with Crippen LogP contribution < -0.4 is 10.6 Å². The molecule has 0 unspecified atom stereocenters. The van der Waals surface area contributed by atoms with Gasteiger partial charge in [0.1, 0.15) is 5.82 Å². The second kappa shape index (κ2) is 9.80. The van der Waals surface area contributed by atoms with Crippen LogP contribution in [0.2, 0.25) is 0 Å². The summed E-state index contributed by atoms with van der Waals surface area (Å²) in [6, 6.07) is 6.51. The SMILES string of the molecule is CCNC(=NCCc1nnc2ccccn12)NC1CCCCC1.I. The Bertz CT molecular complexity index is 647. The Hall–Kier alpha value is -1.38. The van der Waals surface area contributed by atoms with Crippen LogP contribution in [-0.2, 0) is 6.42 Å².